The first-order chi connectivity index (χ1) is 9.47. The highest BCUT2D eigenvalue weighted by Crippen LogP contribution is 2.22. The van der Waals surface area contributed by atoms with Crippen molar-refractivity contribution in [2.24, 2.45) is 0 Å². The molecule has 0 spiro atoms. The first kappa shape index (κ1) is 15.5. The second-order valence-corrected chi connectivity index (χ2v) is 6.58. The number of hydrogen-bond acceptors (Lipinski definition) is 1. The molecule has 2 rings (SSSR count). The lowest BCUT2D eigenvalue weighted by molar-refractivity contribution is 0.0939. The first-order valence-electron chi connectivity index (χ1n) is 5.99. The zero-order chi connectivity index (χ0) is 14.7. The maximum atomic E-state index is 12.3. The van der Waals surface area contributed by atoms with Gasteiger partial charge in [-0.15, -0.1) is 0 Å². The summed E-state index contributed by atoms with van der Waals surface area (Å²) in [6.45, 7) is 1.94. The van der Waals surface area contributed by atoms with E-state index in [1.165, 1.54) is 0 Å². The van der Waals surface area contributed by atoms with Gasteiger partial charge in [-0.2, -0.15) is 0 Å². The highest BCUT2D eigenvalue weighted by molar-refractivity contribution is 9.10. The zero-order valence-electron chi connectivity index (χ0n) is 10.7. The molecule has 0 aliphatic rings. The van der Waals surface area contributed by atoms with Crippen molar-refractivity contribution in [3.63, 3.8) is 0 Å². The molecular weight excluding hydrogens is 405 g/mol. The van der Waals surface area contributed by atoms with Gasteiger partial charge in [0.25, 0.3) is 5.91 Å². The van der Waals surface area contributed by atoms with Crippen LogP contribution in [0.25, 0.3) is 0 Å². The van der Waals surface area contributed by atoms with Gasteiger partial charge >= 0.3 is 0 Å². The van der Waals surface area contributed by atoms with Crippen LogP contribution in [0.4, 0.5) is 0 Å². The van der Waals surface area contributed by atoms with Crippen molar-refractivity contribution in [1.82, 2.24) is 5.32 Å². The number of amides is 1. The summed E-state index contributed by atoms with van der Waals surface area (Å²) >= 11 is 12.7. The number of nitrogens with one attached hydrogen (secondary N) is 1. The maximum absolute atomic E-state index is 12.3. The Morgan fingerprint density at radius 1 is 1.15 bits per heavy atom. The van der Waals surface area contributed by atoms with Crippen molar-refractivity contribution >= 4 is 49.4 Å². The minimum Gasteiger partial charge on any atom is -0.345 e. The van der Waals surface area contributed by atoms with E-state index in [2.05, 4.69) is 37.2 Å². The van der Waals surface area contributed by atoms with Gasteiger partial charge in [0, 0.05) is 14.0 Å². The quantitative estimate of drug-likeness (QED) is 0.716. The lowest BCUT2D eigenvalue weighted by atomic mass is 10.1. The highest BCUT2D eigenvalue weighted by Gasteiger charge is 2.14. The van der Waals surface area contributed by atoms with E-state index in [1.807, 2.05) is 31.2 Å². The molecule has 0 aliphatic carbocycles. The maximum Gasteiger partial charge on any atom is 0.252 e. The van der Waals surface area contributed by atoms with E-state index in [9.17, 15) is 4.79 Å². The Labute approximate surface area is 139 Å². The van der Waals surface area contributed by atoms with Crippen molar-refractivity contribution in [3.05, 3.63) is 67.6 Å². The molecule has 0 unspecified atom stereocenters. The third kappa shape index (κ3) is 3.84. The molecule has 0 aromatic heterocycles. The number of benzene rings is 2. The fraction of sp³-hybridized carbons (Fsp3) is 0.133. The number of carbonyl (C=O) groups excluding carboxylic acids is 1. The van der Waals surface area contributed by atoms with Gasteiger partial charge in [-0.3, -0.25) is 4.79 Å². The largest absolute Gasteiger partial charge is 0.345 e. The van der Waals surface area contributed by atoms with Crippen LogP contribution in [0.5, 0.6) is 0 Å². The molecule has 20 heavy (non-hydrogen) atoms. The number of hydrogen-bond donors (Lipinski definition) is 1. The summed E-state index contributed by atoms with van der Waals surface area (Å²) in [5, 5.41) is 3.49. The summed E-state index contributed by atoms with van der Waals surface area (Å²) in [6.07, 6.45) is 0. The average Bonchev–Trinajstić information content (AvgIpc) is 2.42. The molecule has 2 nitrogen and oxygen atoms in total. The molecule has 2 aromatic rings. The van der Waals surface area contributed by atoms with Crippen molar-refractivity contribution in [1.29, 1.82) is 0 Å². The molecule has 0 heterocycles. The van der Waals surface area contributed by atoms with Crippen molar-refractivity contribution in [3.8, 4) is 0 Å². The third-order valence-electron chi connectivity index (χ3n) is 2.89. The molecule has 5 heteroatoms. The fourth-order valence-electron chi connectivity index (χ4n) is 1.78. The van der Waals surface area contributed by atoms with Gasteiger partial charge in [-0.05, 0) is 58.7 Å². The Morgan fingerprint density at radius 2 is 1.80 bits per heavy atom. The molecule has 0 fully saturated rings. The van der Waals surface area contributed by atoms with Gasteiger partial charge in [0.2, 0.25) is 0 Å². The minimum atomic E-state index is -0.158. The van der Waals surface area contributed by atoms with Gasteiger partial charge in [0.15, 0.2) is 0 Å². The predicted molar refractivity (Wildman–Crippen MR) is 89.2 cm³/mol. The number of halogens is 3. The second kappa shape index (κ2) is 6.74. The second-order valence-electron chi connectivity index (χ2n) is 4.37. The molecule has 0 saturated heterocycles. The normalized spacial score (nSPS) is 12.0. The third-order valence-corrected chi connectivity index (χ3v) is 4.35. The molecule has 1 N–H and O–H groups in total. The van der Waals surface area contributed by atoms with Crippen molar-refractivity contribution in [2.75, 3.05) is 0 Å². The number of rotatable bonds is 3. The minimum absolute atomic E-state index is 0.0820. The lowest BCUT2D eigenvalue weighted by Gasteiger charge is -2.15. The van der Waals surface area contributed by atoms with Gasteiger partial charge in [-0.25, -0.2) is 0 Å². The topological polar surface area (TPSA) is 29.1 Å². The lowest BCUT2D eigenvalue weighted by Crippen LogP contribution is -2.26. The average molecular weight is 418 g/mol. The highest BCUT2D eigenvalue weighted by atomic mass is 79.9. The number of carbonyl (C=O) groups is 1. The van der Waals surface area contributed by atoms with Crippen LogP contribution in [-0.4, -0.2) is 5.91 Å². The van der Waals surface area contributed by atoms with Crippen LogP contribution in [0.1, 0.15) is 28.9 Å². The van der Waals surface area contributed by atoms with E-state index in [-0.39, 0.29) is 11.9 Å². The van der Waals surface area contributed by atoms with Crippen LogP contribution in [0, 0.1) is 0 Å². The molecule has 0 bridgehead atoms. The Hall–Kier alpha value is -0.840. The van der Waals surface area contributed by atoms with Crippen LogP contribution in [0.15, 0.2) is 51.4 Å². The molecule has 2 aromatic carbocycles. The smallest absolute Gasteiger partial charge is 0.252 e. The van der Waals surface area contributed by atoms with E-state index in [1.54, 1.807) is 18.2 Å². The van der Waals surface area contributed by atoms with E-state index < -0.39 is 0 Å². The first-order valence-corrected chi connectivity index (χ1v) is 7.95. The molecule has 104 valence electrons. The van der Waals surface area contributed by atoms with Gasteiger partial charge in [-0.1, -0.05) is 39.7 Å². The van der Waals surface area contributed by atoms with E-state index >= 15 is 0 Å². The van der Waals surface area contributed by atoms with E-state index in [0.717, 1.165) is 14.5 Å². The molecule has 1 atom stereocenters. The Bertz CT molecular complexity index is 628. The van der Waals surface area contributed by atoms with Gasteiger partial charge in [0.05, 0.1) is 11.6 Å². The van der Waals surface area contributed by atoms with Crippen LogP contribution in [0.3, 0.4) is 0 Å². The molecule has 0 radical (unpaired) electrons. The summed E-state index contributed by atoms with van der Waals surface area (Å²) in [5.74, 6) is -0.158. The Kier molecular flexibility index (Phi) is 5.24. The summed E-state index contributed by atoms with van der Waals surface area (Å²) in [5.41, 5.74) is 1.57. The summed E-state index contributed by atoms with van der Waals surface area (Å²) in [4.78, 5) is 12.3. The molecule has 0 aliphatic heterocycles. The predicted octanol–water partition coefficient (Wildman–Crippen LogP) is 5.36. The summed E-state index contributed by atoms with van der Waals surface area (Å²) in [6, 6.07) is 12.9. The molecule has 0 saturated carbocycles. The standard InChI is InChI=1S/C15H12Br2ClNO/c1-9(10-2-4-11(16)5-3-10)19-15(20)13-8-12(18)6-7-14(13)17/h2-9H,1H3,(H,19,20)/t9-/m1/s1. The van der Waals surface area contributed by atoms with Crippen LogP contribution in [-0.2, 0) is 0 Å². The van der Waals surface area contributed by atoms with Crippen LogP contribution in [0.2, 0.25) is 5.02 Å². The fourth-order valence-corrected chi connectivity index (χ4v) is 2.64. The zero-order valence-corrected chi connectivity index (χ0v) is 14.6. The van der Waals surface area contributed by atoms with Crippen LogP contribution < -0.4 is 5.32 Å². The van der Waals surface area contributed by atoms with E-state index in [4.69, 9.17) is 11.6 Å². The van der Waals surface area contributed by atoms with Crippen LogP contribution >= 0.6 is 43.5 Å². The Balaban J connectivity index is 2.15. The monoisotopic (exact) mass is 415 g/mol. The summed E-state index contributed by atoms with van der Waals surface area (Å²) in [7, 11) is 0. The Morgan fingerprint density at radius 3 is 2.45 bits per heavy atom. The SMILES string of the molecule is C[C@@H](NC(=O)c1cc(Cl)ccc1Br)c1ccc(Br)cc1. The molecule has 1 amide bonds. The summed E-state index contributed by atoms with van der Waals surface area (Å²) < 4.78 is 1.74. The van der Waals surface area contributed by atoms with E-state index in [0.29, 0.717) is 10.6 Å². The van der Waals surface area contributed by atoms with Gasteiger partial charge < -0.3 is 5.32 Å². The van der Waals surface area contributed by atoms with Gasteiger partial charge in [0.1, 0.15) is 0 Å². The van der Waals surface area contributed by atoms with Crippen molar-refractivity contribution in [2.45, 2.75) is 13.0 Å². The molecular formula is C15H12Br2ClNO. The van der Waals surface area contributed by atoms with Crippen molar-refractivity contribution < 1.29 is 4.79 Å².